The number of aromatic nitrogens is 2. The summed E-state index contributed by atoms with van der Waals surface area (Å²) in [5.41, 5.74) is 11.8. The molecule has 0 aliphatic carbocycles. The van der Waals surface area contributed by atoms with Gasteiger partial charge in [-0.05, 0) is 18.8 Å². The number of rotatable bonds is 3. The van der Waals surface area contributed by atoms with Crippen molar-refractivity contribution in [2.24, 2.45) is 18.7 Å². The summed E-state index contributed by atoms with van der Waals surface area (Å²) in [7, 11) is 1.86. The van der Waals surface area contributed by atoms with Crippen molar-refractivity contribution >= 4 is 17.4 Å². The van der Waals surface area contributed by atoms with Crippen LogP contribution in [0.15, 0.2) is 6.20 Å². The first kappa shape index (κ1) is 11.8. The molecule has 4 N–H and O–H groups in total. The number of anilines is 2. The van der Waals surface area contributed by atoms with Gasteiger partial charge < -0.3 is 16.4 Å². The summed E-state index contributed by atoms with van der Waals surface area (Å²) < 4.78 is 1.72. The Hall–Kier alpha value is -1.72. The minimum absolute atomic E-state index is 0.208. The van der Waals surface area contributed by atoms with Crippen LogP contribution in [0.1, 0.15) is 19.3 Å². The molecular formula is C11H19N5O. The van der Waals surface area contributed by atoms with Gasteiger partial charge in [-0.2, -0.15) is 5.10 Å². The van der Waals surface area contributed by atoms with E-state index in [0.717, 1.165) is 31.7 Å². The first-order valence-corrected chi connectivity index (χ1v) is 5.88. The fourth-order valence-corrected chi connectivity index (χ4v) is 2.37. The Morgan fingerprint density at radius 2 is 2.18 bits per heavy atom. The number of carbonyl (C=O) groups excluding carboxylic acids is 1. The van der Waals surface area contributed by atoms with E-state index in [1.54, 1.807) is 4.68 Å². The maximum atomic E-state index is 10.8. The zero-order valence-electron chi connectivity index (χ0n) is 10.1. The van der Waals surface area contributed by atoms with E-state index in [1.807, 2.05) is 13.2 Å². The van der Waals surface area contributed by atoms with Crippen LogP contribution >= 0.6 is 0 Å². The molecule has 1 aliphatic heterocycles. The SMILES string of the molecule is Cn1cc(N)c(N2CCC(CC(N)=O)CC2)n1. The third-order valence-corrected chi connectivity index (χ3v) is 3.24. The molecule has 1 aromatic heterocycles. The first-order valence-electron chi connectivity index (χ1n) is 5.88. The zero-order valence-corrected chi connectivity index (χ0v) is 10.1. The summed E-state index contributed by atoms with van der Waals surface area (Å²) in [6.07, 6.45) is 4.24. The van der Waals surface area contributed by atoms with Gasteiger partial charge in [0.05, 0.1) is 5.69 Å². The maximum Gasteiger partial charge on any atom is 0.217 e. The van der Waals surface area contributed by atoms with Crippen LogP contribution in [0.4, 0.5) is 11.5 Å². The number of nitrogens with zero attached hydrogens (tertiary/aromatic N) is 3. The fourth-order valence-electron chi connectivity index (χ4n) is 2.37. The van der Waals surface area contributed by atoms with E-state index < -0.39 is 0 Å². The van der Waals surface area contributed by atoms with Crippen LogP contribution in [0, 0.1) is 5.92 Å². The molecule has 1 saturated heterocycles. The van der Waals surface area contributed by atoms with E-state index in [-0.39, 0.29) is 5.91 Å². The Kier molecular flexibility index (Phi) is 3.21. The molecule has 0 atom stereocenters. The lowest BCUT2D eigenvalue weighted by molar-refractivity contribution is -0.119. The van der Waals surface area contributed by atoms with E-state index in [1.165, 1.54) is 0 Å². The topological polar surface area (TPSA) is 90.2 Å². The quantitative estimate of drug-likeness (QED) is 0.779. The van der Waals surface area contributed by atoms with Gasteiger partial charge in [0, 0.05) is 32.8 Å². The van der Waals surface area contributed by atoms with Crippen molar-refractivity contribution in [2.75, 3.05) is 23.7 Å². The summed E-state index contributed by atoms with van der Waals surface area (Å²) in [6, 6.07) is 0. The van der Waals surface area contributed by atoms with Crippen LogP contribution < -0.4 is 16.4 Å². The third-order valence-electron chi connectivity index (χ3n) is 3.24. The number of aryl methyl sites for hydroxylation is 1. The summed E-state index contributed by atoms with van der Waals surface area (Å²) >= 11 is 0. The molecule has 94 valence electrons. The monoisotopic (exact) mass is 237 g/mol. The number of nitrogen functional groups attached to an aromatic ring is 1. The first-order chi connectivity index (χ1) is 8.06. The van der Waals surface area contributed by atoms with E-state index in [9.17, 15) is 4.79 Å². The highest BCUT2D eigenvalue weighted by Crippen LogP contribution is 2.27. The average Bonchev–Trinajstić information content (AvgIpc) is 2.58. The van der Waals surface area contributed by atoms with Crippen LogP contribution in [0.25, 0.3) is 0 Å². The summed E-state index contributed by atoms with van der Waals surface area (Å²) in [4.78, 5) is 13.0. The Bertz CT molecular complexity index is 406. The largest absolute Gasteiger partial charge is 0.394 e. The van der Waals surface area contributed by atoms with Gasteiger partial charge in [-0.25, -0.2) is 0 Å². The molecule has 0 aromatic carbocycles. The standard InChI is InChI=1S/C11H19N5O/c1-15-7-9(12)11(14-15)16-4-2-8(3-5-16)6-10(13)17/h7-8H,2-6,12H2,1H3,(H2,13,17). The Morgan fingerprint density at radius 1 is 1.53 bits per heavy atom. The van der Waals surface area contributed by atoms with Crippen LogP contribution in [-0.4, -0.2) is 28.8 Å². The summed E-state index contributed by atoms with van der Waals surface area (Å²) in [5.74, 6) is 1.06. The average molecular weight is 237 g/mol. The molecule has 0 bridgehead atoms. The van der Waals surface area contributed by atoms with Gasteiger partial charge in [0.25, 0.3) is 0 Å². The fraction of sp³-hybridized carbons (Fsp3) is 0.636. The number of primary amides is 1. The van der Waals surface area contributed by atoms with Gasteiger partial charge in [0.2, 0.25) is 5.91 Å². The lowest BCUT2D eigenvalue weighted by Gasteiger charge is -2.31. The summed E-state index contributed by atoms with van der Waals surface area (Å²) in [6.45, 7) is 1.78. The van der Waals surface area contributed by atoms with Crippen molar-refractivity contribution in [3.63, 3.8) is 0 Å². The molecule has 1 fully saturated rings. The second-order valence-corrected chi connectivity index (χ2v) is 4.68. The summed E-state index contributed by atoms with van der Waals surface area (Å²) in [5, 5.41) is 4.35. The van der Waals surface area contributed by atoms with Gasteiger partial charge in [-0.1, -0.05) is 0 Å². The van der Waals surface area contributed by atoms with Gasteiger partial charge >= 0.3 is 0 Å². The van der Waals surface area contributed by atoms with Crippen LogP contribution in [-0.2, 0) is 11.8 Å². The molecule has 1 aliphatic rings. The van der Waals surface area contributed by atoms with Gasteiger partial charge in [0.1, 0.15) is 0 Å². The molecule has 2 heterocycles. The molecule has 1 amide bonds. The Balaban J connectivity index is 1.95. The number of piperidine rings is 1. The normalized spacial score (nSPS) is 17.4. The molecule has 0 saturated carbocycles. The van der Waals surface area contributed by atoms with E-state index >= 15 is 0 Å². The Morgan fingerprint density at radius 3 is 2.65 bits per heavy atom. The van der Waals surface area contributed by atoms with Crippen molar-refractivity contribution in [3.05, 3.63) is 6.20 Å². The molecule has 6 heteroatoms. The van der Waals surface area contributed by atoms with Gasteiger partial charge in [-0.3, -0.25) is 9.48 Å². The van der Waals surface area contributed by atoms with Crippen molar-refractivity contribution in [2.45, 2.75) is 19.3 Å². The molecule has 6 nitrogen and oxygen atoms in total. The van der Waals surface area contributed by atoms with Gasteiger partial charge in [0.15, 0.2) is 5.82 Å². The van der Waals surface area contributed by atoms with E-state index in [0.29, 0.717) is 18.0 Å². The molecule has 0 spiro atoms. The molecule has 0 unspecified atom stereocenters. The smallest absolute Gasteiger partial charge is 0.217 e. The van der Waals surface area contributed by atoms with E-state index in [4.69, 9.17) is 11.5 Å². The predicted molar refractivity (Wildman–Crippen MR) is 66.4 cm³/mol. The Labute approximate surface area is 101 Å². The minimum atomic E-state index is -0.208. The molecule has 1 aromatic rings. The molecular weight excluding hydrogens is 218 g/mol. The second kappa shape index (κ2) is 4.65. The molecule has 17 heavy (non-hydrogen) atoms. The zero-order chi connectivity index (χ0) is 12.4. The van der Waals surface area contributed by atoms with Crippen molar-refractivity contribution in [1.29, 1.82) is 0 Å². The number of amides is 1. The van der Waals surface area contributed by atoms with Crippen molar-refractivity contribution < 1.29 is 4.79 Å². The number of nitrogens with two attached hydrogens (primary N) is 2. The lowest BCUT2D eigenvalue weighted by atomic mass is 9.93. The molecule has 2 rings (SSSR count). The highest BCUT2D eigenvalue weighted by Gasteiger charge is 2.23. The highest BCUT2D eigenvalue weighted by atomic mass is 16.1. The number of carbonyl (C=O) groups is 1. The van der Waals surface area contributed by atoms with Crippen LogP contribution in [0.5, 0.6) is 0 Å². The van der Waals surface area contributed by atoms with Gasteiger partial charge in [-0.15, -0.1) is 0 Å². The third kappa shape index (κ3) is 2.69. The maximum absolute atomic E-state index is 10.8. The predicted octanol–water partition coefficient (Wildman–Crippen LogP) is 0.0941. The lowest BCUT2D eigenvalue weighted by Crippen LogP contribution is -2.35. The van der Waals surface area contributed by atoms with Crippen molar-refractivity contribution in [1.82, 2.24) is 9.78 Å². The second-order valence-electron chi connectivity index (χ2n) is 4.68. The van der Waals surface area contributed by atoms with Crippen LogP contribution in [0.3, 0.4) is 0 Å². The van der Waals surface area contributed by atoms with Crippen LogP contribution in [0.2, 0.25) is 0 Å². The molecule has 0 radical (unpaired) electrons. The van der Waals surface area contributed by atoms with E-state index in [2.05, 4.69) is 10.00 Å². The highest BCUT2D eigenvalue weighted by molar-refractivity contribution is 5.74. The van der Waals surface area contributed by atoms with Crippen molar-refractivity contribution in [3.8, 4) is 0 Å². The number of hydrogen-bond donors (Lipinski definition) is 2. The minimum Gasteiger partial charge on any atom is -0.394 e. The number of hydrogen-bond acceptors (Lipinski definition) is 4.